The number of amides is 5. The third kappa shape index (κ3) is 13.0. The van der Waals surface area contributed by atoms with Gasteiger partial charge in [0, 0.05) is 18.8 Å². The molecule has 0 spiro atoms. The number of hydrogen-bond donors (Lipinski definition) is 8. The third-order valence-electron chi connectivity index (χ3n) is 6.46. The maximum Gasteiger partial charge on any atom is 0.305 e. The fraction of sp³-hybridized carbons (Fsp3) is 0.519. The molecule has 0 radical (unpaired) electrons. The van der Waals surface area contributed by atoms with Crippen molar-refractivity contribution in [1.82, 2.24) is 26.6 Å². The molecule has 0 aromatic heterocycles. The van der Waals surface area contributed by atoms with E-state index in [4.69, 9.17) is 23.1 Å². The fourth-order valence-electron chi connectivity index (χ4n) is 4.28. The number of nitrogens with two attached hydrogens (primary N) is 2. The van der Waals surface area contributed by atoms with E-state index < -0.39 is 72.6 Å². The number of carbonyl (C=O) groups is 6. The number of carbonyl (C=O) groups excluding carboxylic acids is 5. The molecule has 43 heavy (non-hydrogen) atoms. The second-order valence-electron chi connectivity index (χ2n) is 9.94. The van der Waals surface area contributed by atoms with E-state index in [2.05, 4.69) is 31.6 Å². The molecule has 1 heterocycles. The van der Waals surface area contributed by atoms with Gasteiger partial charge in [0.25, 0.3) is 0 Å². The summed E-state index contributed by atoms with van der Waals surface area (Å²) in [6.07, 6.45) is 0.826. The lowest BCUT2D eigenvalue weighted by molar-refractivity contribution is -0.141. The van der Waals surface area contributed by atoms with Gasteiger partial charge in [-0.1, -0.05) is 30.3 Å². The number of nitrogens with one attached hydrogen (secondary N) is 5. The summed E-state index contributed by atoms with van der Waals surface area (Å²) >= 11 is 5.81. The molecule has 0 saturated carbocycles. The Morgan fingerprint density at radius 2 is 1.40 bits per heavy atom. The predicted molar refractivity (Wildman–Crippen MR) is 158 cm³/mol. The lowest BCUT2D eigenvalue weighted by Crippen LogP contribution is -2.58. The van der Waals surface area contributed by atoms with Gasteiger partial charge in [-0.3, -0.25) is 33.8 Å². The van der Waals surface area contributed by atoms with E-state index in [-0.39, 0.29) is 31.8 Å². The Hall–Kier alpha value is -4.40. The second kappa shape index (κ2) is 18.2. The lowest BCUT2D eigenvalue weighted by Gasteiger charge is -2.26. The SMILES string of the molecule is NC(N)=NCCCC1NC(=O)C(CCCCCl)NC(=O)C(Cc2ccccc2)NC(=O)C(CC(=O)O)NC(=O)CNC1=O. The summed E-state index contributed by atoms with van der Waals surface area (Å²) in [5, 5.41) is 21.9. The van der Waals surface area contributed by atoms with E-state index in [1.54, 1.807) is 30.3 Å². The summed E-state index contributed by atoms with van der Waals surface area (Å²) in [6, 6.07) is 3.74. The van der Waals surface area contributed by atoms with E-state index in [0.717, 1.165) is 0 Å². The molecule has 0 bridgehead atoms. The minimum absolute atomic E-state index is 0.00955. The first kappa shape index (κ1) is 34.8. The normalized spacial score (nSPS) is 22.0. The zero-order valence-corrected chi connectivity index (χ0v) is 24.4. The number of benzene rings is 1. The highest BCUT2D eigenvalue weighted by molar-refractivity contribution is 6.17. The van der Waals surface area contributed by atoms with E-state index in [9.17, 15) is 33.9 Å². The Balaban J connectivity index is 2.44. The lowest BCUT2D eigenvalue weighted by atomic mass is 10.0. The van der Waals surface area contributed by atoms with Crippen LogP contribution in [0, 0.1) is 0 Å². The number of carboxylic acid groups (broad SMARTS) is 1. The van der Waals surface area contributed by atoms with Crippen LogP contribution in [0.5, 0.6) is 0 Å². The highest BCUT2D eigenvalue weighted by Crippen LogP contribution is 2.09. The Bertz CT molecular complexity index is 1160. The average Bonchev–Trinajstić information content (AvgIpc) is 2.95. The number of hydrogen-bond acceptors (Lipinski definition) is 7. The molecule has 0 aliphatic carbocycles. The molecular weight excluding hydrogens is 584 g/mol. The number of rotatable bonds is 12. The number of unbranched alkanes of at least 4 members (excludes halogenated alkanes) is 1. The number of halogens is 1. The second-order valence-corrected chi connectivity index (χ2v) is 10.3. The number of alkyl halides is 1. The van der Waals surface area contributed by atoms with E-state index in [0.29, 0.717) is 30.7 Å². The smallest absolute Gasteiger partial charge is 0.305 e. The summed E-state index contributed by atoms with van der Waals surface area (Å²) in [6.45, 7) is -0.434. The average molecular weight is 623 g/mol. The molecular formula is C27H39ClN8O7. The molecule has 1 aliphatic rings. The van der Waals surface area contributed by atoms with Crippen LogP contribution in [0.25, 0.3) is 0 Å². The third-order valence-corrected chi connectivity index (χ3v) is 6.72. The summed E-state index contributed by atoms with van der Waals surface area (Å²) < 4.78 is 0. The van der Waals surface area contributed by atoms with Crippen molar-refractivity contribution >= 4 is 53.1 Å². The summed E-state index contributed by atoms with van der Waals surface area (Å²) in [4.78, 5) is 81.1. The zero-order chi connectivity index (χ0) is 31.8. The predicted octanol–water partition coefficient (Wildman–Crippen LogP) is -1.76. The van der Waals surface area contributed by atoms with Crippen molar-refractivity contribution in [2.75, 3.05) is 19.0 Å². The number of guanidine groups is 1. The fourth-order valence-corrected chi connectivity index (χ4v) is 4.47. The van der Waals surface area contributed by atoms with E-state index in [1.807, 2.05) is 0 Å². The molecule has 1 saturated heterocycles. The van der Waals surface area contributed by atoms with Gasteiger partial charge in [0.15, 0.2) is 5.96 Å². The van der Waals surface area contributed by atoms with Crippen LogP contribution in [0.1, 0.15) is 44.1 Å². The molecule has 4 atom stereocenters. The van der Waals surface area contributed by atoms with Crippen molar-refractivity contribution in [2.45, 2.75) is 69.1 Å². The molecule has 16 heteroatoms. The maximum absolute atomic E-state index is 13.6. The van der Waals surface area contributed by atoms with Gasteiger partial charge in [0.05, 0.1) is 13.0 Å². The van der Waals surface area contributed by atoms with E-state index >= 15 is 0 Å². The van der Waals surface area contributed by atoms with Gasteiger partial charge in [-0.2, -0.15) is 0 Å². The Labute approximate surface area is 253 Å². The monoisotopic (exact) mass is 622 g/mol. The molecule has 10 N–H and O–H groups in total. The van der Waals surface area contributed by atoms with Gasteiger partial charge in [0.1, 0.15) is 24.2 Å². The van der Waals surface area contributed by atoms with Crippen LogP contribution in [0.3, 0.4) is 0 Å². The first-order chi connectivity index (χ1) is 20.5. The van der Waals surface area contributed by atoms with Crippen molar-refractivity contribution in [3.8, 4) is 0 Å². The van der Waals surface area contributed by atoms with Gasteiger partial charge in [-0.25, -0.2) is 0 Å². The number of aliphatic carboxylic acids is 1. The van der Waals surface area contributed by atoms with Crippen LogP contribution in [-0.2, 0) is 35.2 Å². The van der Waals surface area contributed by atoms with Gasteiger partial charge >= 0.3 is 5.97 Å². The number of nitrogens with zero attached hydrogens (tertiary/aromatic N) is 1. The van der Waals surface area contributed by atoms with Crippen molar-refractivity contribution in [2.24, 2.45) is 16.5 Å². The Kier molecular flexibility index (Phi) is 14.7. The molecule has 1 fully saturated rings. The van der Waals surface area contributed by atoms with Crippen LogP contribution in [-0.4, -0.2) is 89.7 Å². The molecule has 1 aromatic carbocycles. The Morgan fingerprint density at radius 1 is 0.814 bits per heavy atom. The molecule has 236 valence electrons. The molecule has 1 aliphatic heterocycles. The highest BCUT2D eigenvalue weighted by atomic mass is 35.5. The summed E-state index contributed by atoms with van der Waals surface area (Å²) in [5.41, 5.74) is 11.4. The van der Waals surface area contributed by atoms with Crippen molar-refractivity contribution in [1.29, 1.82) is 0 Å². The molecule has 2 rings (SSSR count). The van der Waals surface area contributed by atoms with Crippen LogP contribution in [0.4, 0.5) is 0 Å². The minimum Gasteiger partial charge on any atom is -0.481 e. The molecule has 5 amide bonds. The van der Waals surface area contributed by atoms with E-state index in [1.165, 1.54) is 0 Å². The van der Waals surface area contributed by atoms with Crippen LogP contribution < -0.4 is 38.1 Å². The maximum atomic E-state index is 13.6. The first-order valence-electron chi connectivity index (χ1n) is 13.9. The minimum atomic E-state index is -1.55. The largest absolute Gasteiger partial charge is 0.481 e. The number of aliphatic imine (C=N–C) groups is 1. The van der Waals surface area contributed by atoms with Crippen molar-refractivity contribution in [3.63, 3.8) is 0 Å². The highest BCUT2D eigenvalue weighted by Gasteiger charge is 2.33. The summed E-state index contributed by atoms with van der Waals surface area (Å²) in [5.74, 6) is -5.04. The van der Waals surface area contributed by atoms with Gasteiger partial charge < -0.3 is 43.2 Å². The topological polar surface area (TPSA) is 247 Å². The van der Waals surface area contributed by atoms with Crippen molar-refractivity contribution < 1.29 is 33.9 Å². The van der Waals surface area contributed by atoms with Crippen LogP contribution in [0.15, 0.2) is 35.3 Å². The Morgan fingerprint density at radius 3 is 2.02 bits per heavy atom. The molecule has 4 unspecified atom stereocenters. The van der Waals surface area contributed by atoms with Crippen LogP contribution >= 0.6 is 11.6 Å². The zero-order valence-electron chi connectivity index (χ0n) is 23.6. The first-order valence-corrected chi connectivity index (χ1v) is 14.4. The van der Waals surface area contributed by atoms with Crippen LogP contribution in [0.2, 0.25) is 0 Å². The van der Waals surface area contributed by atoms with Gasteiger partial charge in [-0.15, -0.1) is 11.6 Å². The quantitative estimate of drug-likeness (QED) is 0.0568. The standard InChI is InChI=1S/C27H39ClN8O7/c28-11-5-4-9-18-24(41)34-17(10-6-12-31-27(29)30)23(40)32-15-21(37)33-20(14-22(38)39)26(43)36-19(25(42)35-18)13-16-7-2-1-3-8-16/h1-3,7-8,17-20H,4-6,9-15H2,(H,32,40)(H,33,37)(H,34,41)(H,35,42)(H,36,43)(H,38,39)(H4,29,30,31). The summed E-state index contributed by atoms with van der Waals surface area (Å²) in [7, 11) is 0. The molecule has 1 aromatic rings. The van der Waals surface area contributed by atoms with Crippen molar-refractivity contribution in [3.05, 3.63) is 35.9 Å². The number of carboxylic acids is 1. The van der Waals surface area contributed by atoms with Gasteiger partial charge in [0.2, 0.25) is 29.5 Å². The van der Waals surface area contributed by atoms with Gasteiger partial charge in [-0.05, 0) is 37.7 Å². The molecule has 15 nitrogen and oxygen atoms in total.